The number of thioether (sulfide) groups is 1. The summed E-state index contributed by atoms with van der Waals surface area (Å²) in [6, 6.07) is 14.2. The van der Waals surface area contributed by atoms with E-state index < -0.39 is 5.97 Å². The van der Waals surface area contributed by atoms with Crippen molar-refractivity contribution in [3.63, 3.8) is 0 Å². The van der Waals surface area contributed by atoms with Crippen LogP contribution in [0.15, 0.2) is 53.7 Å². The Kier molecular flexibility index (Phi) is 5.13. The number of aromatic carboxylic acids is 1. The summed E-state index contributed by atoms with van der Waals surface area (Å²) in [4.78, 5) is 28.1. The van der Waals surface area contributed by atoms with Crippen molar-refractivity contribution in [2.24, 2.45) is 0 Å². The number of para-hydroxylation sites is 2. The van der Waals surface area contributed by atoms with Gasteiger partial charge >= 0.3 is 5.97 Å². The minimum Gasteiger partial charge on any atom is -0.478 e. The number of carbonyl (C=O) groups is 2. The summed E-state index contributed by atoms with van der Waals surface area (Å²) in [6.45, 7) is 2.77. The standard InChI is InChI=1S/C20H17N5O3S/c1-2-25-15-10-6-4-8-13(15)17-18(25)22-20(24-23-17)29-11-16(26)21-14-9-5-3-7-12(14)19(27)28/h3-10H,2,11H2,1H3,(H,21,26)(H,27,28). The molecule has 0 aliphatic heterocycles. The summed E-state index contributed by atoms with van der Waals surface area (Å²) in [5, 5.41) is 21.7. The molecular formula is C20H17N5O3S. The number of benzene rings is 2. The number of fused-ring (bicyclic) bond motifs is 3. The van der Waals surface area contributed by atoms with E-state index in [4.69, 9.17) is 0 Å². The number of carboxylic acid groups (broad SMARTS) is 1. The zero-order valence-electron chi connectivity index (χ0n) is 15.5. The molecule has 2 heterocycles. The SMILES string of the molecule is CCn1c2ccccc2c2nnc(SCC(=O)Nc3ccccc3C(=O)O)nc21. The Hall–Kier alpha value is -3.46. The summed E-state index contributed by atoms with van der Waals surface area (Å²) in [6.07, 6.45) is 0. The highest BCUT2D eigenvalue weighted by Crippen LogP contribution is 2.27. The fourth-order valence-electron chi connectivity index (χ4n) is 3.17. The van der Waals surface area contributed by atoms with Crippen molar-refractivity contribution in [1.82, 2.24) is 19.7 Å². The van der Waals surface area contributed by atoms with Crippen molar-refractivity contribution < 1.29 is 14.7 Å². The Labute approximate surface area is 170 Å². The normalized spacial score (nSPS) is 11.1. The van der Waals surface area contributed by atoms with Crippen molar-refractivity contribution in [2.75, 3.05) is 11.1 Å². The number of nitrogens with one attached hydrogen (secondary N) is 1. The number of anilines is 1. The maximum absolute atomic E-state index is 12.3. The number of aromatic nitrogens is 4. The third-order valence-corrected chi connectivity index (χ3v) is 5.27. The zero-order valence-corrected chi connectivity index (χ0v) is 16.3. The minimum absolute atomic E-state index is 0.0352. The first kappa shape index (κ1) is 18.9. The number of hydrogen-bond donors (Lipinski definition) is 2. The molecule has 0 bridgehead atoms. The van der Waals surface area contributed by atoms with Crippen LogP contribution in [0.3, 0.4) is 0 Å². The summed E-state index contributed by atoms with van der Waals surface area (Å²) in [5.74, 6) is -1.41. The Bertz CT molecular complexity index is 1240. The Balaban J connectivity index is 1.54. The third kappa shape index (κ3) is 3.64. The lowest BCUT2D eigenvalue weighted by molar-refractivity contribution is -0.113. The van der Waals surface area contributed by atoms with E-state index in [0.717, 1.165) is 40.4 Å². The van der Waals surface area contributed by atoms with Crippen molar-refractivity contribution in [3.05, 3.63) is 54.1 Å². The molecule has 0 fully saturated rings. The van der Waals surface area contributed by atoms with Gasteiger partial charge in [-0.05, 0) is 25.1 Å². The number of aryl methyl sites for hydroxylation is 1. The van der Waals surface area contributed by atoms with Crippen molar-refractivity contribution >= 4 is 51.4 Å². The van der Waals surface area contributed by atoms with Crippen LogP contribution in [0, 0.1) is 0 Å². The summed E-state index contributed by atoms with van der Waals surface area (Å²) in [7, 11) is 0. The average molecular weight is 407 g/mol. The maximum Gasteiger partial charge on any atom is 0.337 e. The molecule has 0 aliphatic rings. The number of carboxylic acids is 1. The molecule has 0 saturated carbocycles. The fraction of sp³-hybridized carbons (Fsp3) is 0.150. The molecule has 29 heavy (non-hydrogen) atoms. The third-order valence-electron chi connectivity index (χ3n) is 4.43. The van der Waals surface area contributed by atoms with E-state index in [2.05, 4.69) is 25.1 Å². The van der Waals surface area contributed by atoms with Crippen molar-refractivity contribution in [3.8, 4) is 0 Å². The van der Waals surface area contributed by atoms with Crippen LogP contribution in [0.5, 0.6) is 0 Å². The van der Waals surface area contributed by atoms with E-state index in [0.29, 0.717) is 5.16 Å². The zero-order chi connectivity index (χ0) is 20.4. The Morgan fingerprint density at radius 2 is 1.86 bits per heavy atom. The first-order valence-electron chi connectivity index (χ1n) is 8.95. The molecule has 2 aromatic heterocycles. The number of carbonyl (C=O) groups excluding carboxylic acids is 1. The molecule has 0 spiro atoms. The Morgan fingerprint density at radius 1 is 1.10 bits per heavy atom. The lowest BCUT2D eigenvalue weighted by Crippen LogP contribution is -2.16. The summed E-state index contributed by atoms with van der Waals surface area (Å²) in [5.41, 5.74) is 2.79. The van der Waals surface area contributed by atoms with E-state index in [-0.39, 0.29) is 22.9 Å². The molecule has 4 rings (SSSR count). The predicted octanol–water partition coefficient (Wildman–Crippen LogP) is 3.43. The molecule has 1 amide bonds. The molecule has 4 aromatic rings. The van der Waals surface area contributed by atoms with Gasteiger partial charge in [0.1, 0.15) is 5.52 Å². The van der Waals surface area contributed by atoms with Crippen LogP contribution in [0.4, 0.5) is 5.69 Å². The molecule has 9 heteroatoms. The van der Waals surface area contributed by atoms with Gasteiger partial charge in [-0.3, -0.25) is 4.79 Å². The minimum atomic E-state index is -1.10. The first-order valence-corrected chi connectivity index (χ1v) is 9.93. The van der Waals surface area contributed by atoms with Gasteiger partial charge in [-0.1, -0.05) is 42.1 Å². The highest BCUT2D eigenvalue weighted by Gasteiger charge is 2.15. The van der Waals surface area contributed by atoms with Crippen LogP contribution in [0.2, 0.25) is 0 Å². The van der Waals surface area contributed by atoms with Gasteiger partial charge in [-0.15, -0.1) is 10.2 Å². The number of hydrogen-bond acceptors (Lipinski definition) is 6. The van der Waals surface area contributed by atoms with Gasteiger partial charge in [0.2, 0.25) is 11.1 Å². The molecule has 146 valence electrons. The van der Waals surface area contributed by atoms with E-state index >= 15 is 0 Å². The second-order valence-corrected chi connectivity index (χ2v) is 7.16. The topological polar surface area (TPSA) is 110 Å². The second kappa shape index (κ2) is 7.88. The molecule has 0 atom stereocenters. The highest BCUT2D eigenvalue weighted by molar-refractivity contribution is 7.99. The second-order valence-electron chi connectivity index (χ2n) is 6.22. The Morgan fingerprint density at radius 3 is 2.66 bits per heavy atom. The van der Waals surface area contributed by atoms with Gasteiger partial charge in [0.15, 0.2) is 5.65 Å². The molecular weight excluding hydrogens is 390 g/mol. The average Bonchev–Trinajstić information content (AvgIpc) is 3.05. The van der Waals surface area contributed by atoms with E-state index in [1.165, 1.54) is 6.07 Å². The number of amides is 1. The van der Waals surface area contributed by atoms with Crippen LogP contribution in [-0.2, 0) is 11.3 Å². The lowest BCUT2D eigenvalue weighted by Gasteiger charge is -2.07. The van der Waals surface area contributed by atoms with Crippen LogP contribution >= 0.6 is 11.8 Å². The quantitative estimate of drug-likeness (QED) is 0.471. The molecule has 2 aromatic carbocycles. The molecule has 0 aliphatic carbocycles. The van der Waals surface area contributed by atoms with E-state index in [9.17, 15) is 14.7 Å². The van der Waals surface area contributed by atoms with Gasteiger partial charge in [-0.2, -0.15) is 0 Å². The molecule has 0 saturated heterocycles. The van der Waals surface area contributed by atoms with Crippen LogP contribution < -0.4 is 5.32 Å². The summed E-state index contributed by atoms with van der Waals surface area (Å²) < 4.78 is 2.06. The van der Waals surface area contributed by atoms with Crippen LogP contribution in [0.25, 0.3) is 22.1 Å². The lowest BCUT2D eigenvalue weighted by atomic mass is 10.2. The van der Waals surface area contributed by atoms with Gasteiger partial charge in [0.05, 0.1) is 22.5 Å². The van der Waals surface area contributed by atoms with Gasteiger partial charge in [0.25, 0.3) is 0 Å². The molecule has 8 nitrogen and oxygen atoms in total. The number of nitrogens with zero attached hydrogens (tertiary/aromatic N) is 4. The largest absolute Gasteiger partial charge is 0.478 e. The van der Waals surface area contributed by atoms with Crippen molar-refractivity contribution in [2.45, 2.75) is 18.6 Å². The van der Waals surface area contributed by atoms with Gasteiger partial charge in [-0.25, -0.2) is 9.78 Å². The maximum atomic E-state index is 12.3. The monoisotopic (exact) mass is 407 g/mol. The smallest absolute Gasteiger partial charge is 0.337 e. The number of rotatable bonds is 6. The van der Waals surface area contributed by atoms with E-state index in [1.807, 2.05) is 31.2 Å². The van der Waals surface area contributed by atoms with Crippen molar-refractivity contribution in [1.29, 1.82) is 0 Å². The van der Waals surface area contributed by atoms with Crippen LogP contribution in [0.1, 0.15) is 17.3 Å². The molecule has 0 unspecified atom stereocenters. The highest BCUT2D eigenvalue weighted by atomic mass is 32.2. The summed E-state index contributed by atoms with van der Waals surface area (Å²) >= 11 is 1.15. The molecule has 0 radical (unpaired) electrons. The van der Waals surface area contributed by atoms with Gasteiger partial charge < -0.3 is 15.0 Å². The van der Waals surface area contributed by atoms with E-state index in [1.54, 1.807) is 18.2 Å². The fourth-order valence-corrected chi connectivity index (χ4v) is 3.75. The first-order chi connectivity index (χ1) is 14.1. The van der Waals surface area contributed by atoms with Gasteiger partial charge in [0, 0.05) is 11.9 Å². The van der Waals surface area contributed by atoms with Crippen LogP contribution in [-0.4, -0.2) is 42.5 Å². The predicted molar refractivity (Wildman–Crippen MR) is 111 cm³/mol. The molecule has 2 N–H and O–H groups in total.